The minimum atomic E-state index is -0.0238. The van der Waals surface area contributed by atoms with Crippen LogP contribution >= 0.6 is 0 Å². The maximum atomic E-state index is 13.2. The first-order valence-electron chi connectivity index (χ1n) is 10.7. The highest BCUT2D eigenvalue weighted by Gasteiger charge is 2.36. The Morgan fingerprint density at radius 3 is 2.45 bits per heavy atom. The number of benzene rings is 1. The van der Waals surface area contributed by atoms with Crippen LogP contribution < -0.4 is 0 Å². The van der Waals surface area contributed by atoms with Crippen LogP contribution in [0.3, 0.4) is 0 Å². The van der Waals surface area contributed by atoms with Crippen LogP contribution in [0.4, 0.5) is 0 Å². The van der Waals surface area contributed by atoms with Gasteiger partial charge < -0.3 is 14.2 Å². The number of nitrogens with zero attached hydrogens (tertiary/aromatic N) is 2. The molecule has 0 unspecified atom stereocenters. The maximum absolute atomic E-state index is 13.2. The highest BCUT2D eigenvalue weighted by molar-refractivity contribution is 5.87. The molecule has 1 saturated carbocycles. The summed E-state index contributed by atoms with van der Waals surface area (Å²) in [5.41, 5.74) is 1.19. The molecule has 0 radical (unpaired) electrons. The molecule has 29 heavy (non-hydrogen) atoms. The van der Waals surface area contributed by atoms with Crippen LogP contribution in [0, 0.1) is 12.8 Å². The largest absolute Gasteiger partial charge is 0.464 e. The van der Waals surface area contributed by atoms with E-state index in [1.807, 2.05) is 49.1 Å². The number of carbonyl (C=O) groups excluding carboxylic acids is 2. The monoisotopic (exact) mass is 396 g/mol. The fourth-order valence-electron chi connectivity index (χ4n) is 3.44. The van der Waals surface area contributed by atoms with E-state index in [0.717, 1.165) is 37.2 Å². The zero-order valence-electron chi connectivity index (χ0n) is 17.8. The number of aryl methyl sites for hydroxylation is 1. The van der Waals surface area contributed by atoms with Gasteiger partial charge in [-0.3, -0.25) is 9.59 Å². The van der Waals surface area contributed by atoms with E-state index < -0.39 is 0 Å². The highest BCUT2D eigenvalue weighted by Crippen LogP contribution is 2.32. The third-order valence-corrected chi connectivity index (χ3v) is 5.65. The van der Waals surface area contributed by atoms with Gasteiger partial charge in [0.15, 0.2) is 0 Å². The molecule has 0 N–H and O–H groups in total. The quantitative estimate of drug-likeness (QED) is 0.605. The van der Waals surface area contributed by atoms with Crippen LogP contribution in [0.15, 0.2) is 46.9 Å². The first-order valence-corrected chi connectivity index (χ1v) is 10.7. The molecule has 1 heterocycles. The summed E-state index contributed by atoms with van der Waals surface area (Å²) in [6, 6.07) is 14.0. The highest BCUT2D eigenvalue weighted by atomic mass is 16.3. The molecular formula is C24H32N2O3. The molecule has 2 amide bonds. The predicted octanol–water partition coefficient (Wildman–Crippen LogP) is 4.20. The molecule has 156 valence electrons. The summed E-state index contributed by atoms with van der Waals surface area (Å²) in [5, 5.41) is 0. The van der Waals surface area contributed by atoms with Gasteiger partial charge in [0.1, 0.15) is 18.1 Å². The van der Waals surface area contributed by atoms with E-state index in [1.54, 1.807) is 4.90 Å². The van der Waals surface area contributed by atoms with Gasteiger partial charge in [0.05, 0.1) is 6.54 Å². The van der Waals surface area contributed by atoms with Crippen molar-refractivity contribution in [3.05, 3.63) is 59.5 Å². The molecule has 5 nitrogen and oxygen atoms in total. The minimum Gasteiger partial charge on any atom is -0.464 e. The first-order chi connectivity index (χ1) is 14.0. The third-order valence-electron chi connectivity index (χ3n) is 5.65. The zero-order valence-corrected chi connectivity index (χ0v) is 17.8. The van der Waals surface area contributed by atoms with Crippen LogP contribution in [0.5, 0.6) is 0 Å². The Morgan fingerprint density at radius 1 is 1.14 bits per heavy atom. The zero-order chi connectivity index (χ0) is 20.8. The van der Waals surface area contributed by atoms with E-state index in [-0.39, 0.29) is 30.3 Å². The van der Waals surface area contributed by atoms with Crippen LogP contribution in [-0.4, -0.2) is 40.7 Å². The van der Waals surface area contributed by atoms with E-state index >= 15 is 0 Å². The fraction of sp³-hybridized carbons (Fsp3) is 0.500. The number of amides is 2. The molecule has 1 aliphatic carbocycles. The second-order valence-corrected chi connectivity index (χ2v) is 8.06. The summed E-state index contributed by atoms with van der Waals surface area (Å²) in [6.45, 7) is 7.14. The smallest absolute Gasteiger partial charge is 0.242 e. The summed E-state index contributed by atoms with van der Waals surface area (Å²) in [6.07, 6.45) is 3.51. The summed E-state index contributed by atoms with van der Waals surface area (Å²) in [7, 11) is 0. The molecule has 0 spiro atoms. The van der Waals surface area contributed by atoms with Crippen molar-refractivity contribution in [1.82, 2.24) is 9.80 Å². The van der Waals surface area contributed by atoms with Gasteiger partial charge in [0.25, 0.3) is 0 Å². The molecule has 1 atom stereocenters. The molecule has 0 bridgehead atoms. The Kier molecular flexibility index (Phi) is 7.13. The molecule has 1 fully saturated rings. The number of hydrogen-bond donors (Lipinski definition) is 0. The van der Waals surface area contributed by atoms with Gasteiger partial charge in [-0.2, -0.15) is 0 Å². The molecule has 2 aromatic rings. The number of carbonyl (C=O) groups is 2. The van der Waals surface area contributed by atoms with E-state index in [0.29, 0.717) is 13.1 Å². The normalized spacial score (nSPS) is 14.4. The van der Waals surface area contributed by atoms with Crippen LogP contribution in [-0.2, 0) is 22.6 Å². The van der Waals surface area contributed by atoms with Gasteiger partial charge in [0, 0.05) is 18.5 Å². The lowest BCUT2D eigenvalue weighted by atomic mass is 10.1. The summed E-state index contributed by atoms with van der Waals surface area (Å²) < 4.78 is 5.71. The lowest BCUT2D eigenvalue weighted by molar-refractivity contribution is -0.143. The van der Waals surface area contributed by atoms with Crippen molar-refractivity contribution in [2.45, 2.75) is 59.0 Å². The Labute approximate surface area is 173 Å². The van der Waals surface area contributed by atoms with Crippen molar-refractivity contribution in [3.63, 3.8) is 0 Å². The van der Waals surface area contributed by atoms with Crippen molar-refractivity contribution in [3.8, 4) is 0 Å². The SMILES string of the molecule is CC[C@@H](C)N(CC(=O)N(CCc1ccccc1)Cc1ccc(C)o1)C(=O)C1CC1. The molecule has 1 aliphatic rings. The van der Waals surface area contributed by atoms with E-state index in [9.17, 15) is 9.59 Å². The van der Waals surface area contributed by atoms with Crippen molar-refractivity contribution < 1.29 is 14.0 Å². The summed E-state index contributed by atoms with van der Waals surface area (Å²) in [4.78, 5) is 29.6. The number of rotatable bonds is 10. The van der Waals surface area contributed by atoms with Crippen molar-refractivity contribution in [2.24, 2.45) is 5.92 Å². The predicted molar refractivity (Wildman–Crippen MR) is 113 cm³/mol. The molecule has 0 aliphatic heterocycles. The minimum absolute atomic E-state index is 0.0238. The average molecular weight is 397 g/mol. The second-order valence-electron chi connectivity index (χ2n) is 8.06. The second kappa shape index (κ2) is 9.77. The molecule has 5 heteroatoms. The molecule has 1 aromatic carbocycles. The Morgan fingerprint density at radius 2 is 1.86 bits per heavy atom. The van der Waals surface area contributed by atoms with Crippen molar-refractivity contribution in [1.29, 1.82) is 0 Å². The topological polar surface area (TPSA) is 53.8 Å². The summed E-state index contributed by atoms with van der Waals surface area (Å²) >= 11 is 0. The number of hydrogen-bond acceptors (Lipinski definition) is 3. The van der Waals surface area contributed by atoms with Gasteiger partial charge >= 0.3 is 0 Å². The average Bonchev–Trinajstić information content (AvgIpc) is 3.50. The molecule has 3 rings (SSSR count). The standard InChI is InChI=1S/C24H32N2O3/c1-4-18(2)26(24(28)21-11-12-21)17-23(27)25(16-22-13-10-19(3)29-22)15-14-20-8-6-5-7-9-20/h5-10,13,18,21H,4,11-12,14-17H2,1-3H3/t18-/m1/s1. The van der Waals surface area contributed by atoms with Crippen LogP contribution in [0.1, 0.15) is 50.2 Å². The van der Waals surface area contributed by atoms with E-state index in [4.69, 9.17) is 4.42 Å². The van der Waals surface area contributed by atoms with E-state index in [1.165, 1.54) is 5.56 Å². The van der Waals surface area contributed by atoms with Crippen molar-refractivity contribution in [2.75, 3.05) is 13.1 Å². The Hall–Kier alpha value is -2.56. The summed E-state index contributed by atoms with van der Waals surface area (Å²) in [5.74, 6) is 1.82. The van der Waals surface area contributed by atoms with Crippen LogP contribution in [0.2, 0.25) is 0 Å². The Balaban J connectivity index is 1.71. The lowest BCUT2D eigenvalue weighted by Crippen LogP contribution is -2.47. The first kappa shape index (κ1) is 21.2. The van der Waals surface area contributed by atoms with E-state index in [2.05, 4.69) is 19.1 Å². The fourth-order valence-corrected chi connectivity index (χ4v) is 3.44. The maximum Gasteiger partial charge on any atom is 0.242 e. The lowest BCUT2D eigenvalue weighted by Gasteiger charge is -2.31. The molecular weight excluding hydrogens is 364 g/mol. The van der Waals surface area contributed by atoms with Gasteiger partial charge in [-0.25, -0.2) is 0 Å². The van der Waals surface area contributed by atoms with Crippen LogP contribution in [0.25, 0.3) is 0 Å². The molecule has 0 saturated heterocycles. The van der Waals surface area contributed by atoms with Gasteiger partial charge in [-0.1, -0.05) is 37.3 Å². The van der Waals surface area contributed by atoms with Gasteiger partial charge in [0.2, 0.25) is 11.8 Å². The van der Waals surface area contributed by atoms with Crippen molar-refractivity contribution >= 4 is 11.8 Å². The van der Waals surface area contributed by atoms with Gasteiger partial charge in [-0.15, -0.1) is 0 Å². The van der Waals surface area contributed by atoms with Gasteiger partial charge in [-0.05, 0) is 57.2 Å². The number of furan rings is 1. The Bertz CT molecular complexity index is 811. The molecule has 1 aromatic heterocycles. The third kappa shape index (κ3) is 5.96.